The van der Waals surface area contributed by atoms with E-state index in [0.717, 1.165) is 59.9 Å². The fourth-order valence-electron chi connectivity index (χ4n) is 5.31. The summed E-state index contributed by atoms with van der Waals surface area (Å²) >= 11 is 0. The van der Waals surface area contributed by atoms with Gasteiger partial charge in [-0.05, 0) is 57.2 Å². The molecule has 0 aliphatic carbocycles. The molecular formula is C27H29N7O. The van der Waals surface area contributed by atoms with Gasteiger partial charge in [0.2, 0.25) is 0 Å². The molecular weight excluding hydrogens is 438 g/mol. The summed E-state index contributed by atoms with van der Waals surface area (Å²) in [5.41, 5.74) is 4.62. The second-order valence-electron chi connectivity index (χ2n) is 10.1. The Morgan fingerprint density at radius 3 is 2.60 bits per heavy atom. The molecule has 0 radical (unpaired) electrons. The Balaban J connectivity index is 1.17. The van der Waals surface area contributed by atoms with Gasteiger partial charge in [-0.3, -0.25) is 14.8 Å². The minimum Gasteiger partial charge on any atom is -0.355 e. The first kappa shape index (κ1) is 21.9. The number of aryl methyl sites for hydroxylation is 1. The number of fused-ring (bicyclic) bond motifs is 1. The molecule has 1 spiro atoms. The first-order valence-corrected chi connectivity index (χ1v) is 12.1. The molecule has 4 aromatic heterocycles. The van der Waals surface area contributed by atoms with Gasteiger partial charge < -0.3 is 14.4 Å². The monoisotopic (exact) mass is 467 g/mol. The van der Waals surface area contributed by atoms with Crippen molar-refractivity contribution in [3.05, 3.63) is 66.6 Å². The minimum atomic E-state index is 0.0470. The summed E-state index contributed by atoms with van der Waals surface area (Å²) in [7, 11) is 4.15. The third kappa shape index (κ3) is 4.18. The predicted molar refractivity (Wildman–Crippen MR) is 135 cm³/mol. The van der Waals surface area contributed by atoms with Crippen molar-refractivity contribution in [1.29, 1.82) is 0 Å². The van der Waals surface area contributed by atoms with E-state index in [4.69, 9.17) is 0 Å². The molecule has 0 bridgehead atoms. The average molecular weight is 468 g/mol. The third-order valence-corrected chi connectivity index (χ3v) is 7.57. The van der Waals surface area contributed by atoms with Gasteiger partial charge in [0, 0.05) is 60.2 Å². The number of Topliss-reactive ketones (excluding diaryl/α,β-unsaturated/α-hetero) is 1. The van der Waals surface area contributed by atoms with E-state index in [2.05, 4.69) is 42.8 Å². The van der Waals surface area contributed by atoms with Crippen LogP contribution in [0.2, 0.25) is 0 Å². The Morgan fingerprint density at radius 2 is 1.83 bits per heavy atom. The zero-order chi connectivity index (χ0) is 24.0. The highest BCUT2D eigenvalue weighted by Gasteiger charge is 2.44. The third-order valence-electron chi connectivity index (χ3n) is 7.57. The lowest BCUT2D eigenvalue weighted by atomic mass is 9.72. The standard InChI is InChI=1S/C27H29N7O/c1-32-7-4-27(5-8-32)16-34(17-27)26-11-19(3-6-29-26)25(35)12-22-10-20-9-21(13-31-23(20)14-30-22)24-15-28-18-33(24)2/h3,6,9-11,13-15,18H,4-5,7-8,12,16-17H2,1-2H3. The Kier molecular flexibility index (Phi) is 5.33. The van der Waals surface area contributed by atoms with Crippen molar-refractivity contribution in [3.8, 4) is 11.3 Å². The van der Waals surface area contributed by atoms with Crippen LogP contribution in [0.15, 0.2) is 55.4 Å². The number of likely N-dealkylation sites (tertiary alicyclic amines) is 1. The van der Waals surface area contributed by atoms with Gasteiger partial charge in [0.05, 0.1) is 36.4 Å². The summed E-state index contributed by atoms with van der Waals surface area (Å²) in [6.07, 6.45) is 11.6. The number of pyridine rings is 3. The van der Waals surface area contributed by atoms with Crippen LogP contribution < -0.4 is 4.90 Å². The van der Waals surface area contributed by atoms with Crippen LogP contribution in [-0.2, 0) is 13.5 Å². The maximum absolute atomic E-state index is 13.1. The lowest BCUT2D eigenvalue weighted by molar-refractivity contribution is 0.0900. The zero-order valence-electron chi connectivity index (χ0n) is 20.2. The molecule has 2 aliphatic heterocycles. The Labute approximate surface area is 204 Å². The molecule has 6 heterocycles. The molecule has 0 unspecified atom stereocenters. The van der Waals surface area contributed by atoms with Crippen LogP contribution in [0.4, 0.5) is 5.82 Å². The van der Waals surface area contributed by atoms with Crippen LogP contribution in [0.5, 0.6) is 0 Å². The van der Waals surface area contributed by atoms with Crippen molar-refractivity contribution < 1.29 is 4.79 Å². The van der Waals surface area contributed by atoms with Crippen LogP contribution >= 0.6 is 0 Å². The largest absolute Gasteiger partial charge is 0.355 e. The van der Waals surface area contributed by atoms with E-state index in [9.17, 15) is 4.79 Å². The number of anilines is 1. The van der Waals surface area contributed by atoms with Gasteiger partial charge in [0.15, 0.2) is 5.78 Å². The van der Waals surface area contributed by atoms with Crippen molar-refractivity contribution in [1.82, 2.24) is 29.4 Å². The summed E-state index contributed by atoms with van der Waals surface area (Å²) in [6.45, 7) is 4.39. The van der Waals surface area contributed by atoms with E-state index in [1.54, 1.807) is 24.8 Å². The molecule has 4 aromatic rings. The van der Waals surface area contributed by atoms with Crippen molar-refractivity contribution in [3.63, 3.8) is 0 Å². The van der Waals surface area contributed by atoms with E-state index in [1.165, 1.54) is 12.8 Å². The van der Waals surface area contributed by atoms with E-state index >= 15 is 0 Å². The lowest BCUT2D eigenvalue weighted by Crippen LogP contribution is -2.60. The fraction of sp³-hybridized carbons (Fsp3) is 0.370. The number of nitrogens with zero attached hydrogens (tertiary/aromatic N) is 7. The second-order valence-corrected chi connectivity index (χ2v) is 10.1. The number of imidazole rings is 1. The minimum absolute atomic E-state index is 0.0470. The van der Waals surface area contributed by atoms with E-state index in [-0.39, 0.29) is 12.2 Å². The normalized spacial score (nSPS) is 17.6. The van der Waals surface area contributed by atoms with Gasteiger partial charge in [-0.1, -0.05) is 0 Å². The van der Waals surface area contributed by atoms with Crippen molar-refractivity contribution in [2.24, 2.45) is 12.5 Å². The Bertz CT molecular complexity index is 1400. The van der Waals surface area contributed by atoms with Crippen molar-refractivity contribution in [2.45, 2.75) is 19.3 Å². The molecule has 35 heavy (non-hydrogen) atoms. The lowest BCUT2D eigenvalue weighted by Gasteiger charge is -2.54. The van der Waals surface area contributed by atoms with Crippen molar-refractivity contribution in [2.75, 3.05) is 38.1 Å². The van der Waals surface area contributed by atoms with Crippen LogP contribution in [-0.4, -0.2) is 68.4 Å². The number of carbonyl (C=O) groups is 1. The number of aromatic nitrogens is 5. The van der Waals surface area contributed by atoms with Gasteiger partial charge >= 0.3 is 0 Å². The van der Waals surface area contributed by atoms with E-state index < -0.39 is 0 Å². The molecule has 0 amide bonds. The van der Waals surface area contributed by atoms with E-state index in [0.29, 0.717) is 11.0 Å². The predicted octanol–water partition coefficient (Wildman–Crippen LogP) is 3.38. The molecule has 0 N–H and O–H groups in total. The number of rotatable bonds is 5. The fourth-order valence-corrected chi connectivity index (χ4v) is 5.31. The molecule has 0 aromatic carbocycles. The van der Waals surface area contributed by atoms with Gasteiger partial charge in [0.25, 0.3) is 0 Å². The number of piperidine rings is 1. The van der Waals surface area contributed by atoms with E-state index in [1.807, 2.05) is 36.1 Å². The molecule has 2 aliphatic rings. The summed E-state index contributed by atoms with van der Waals surface area (Å²) in [5, 5.41) is 0.959. The van der Waals surface area contributed by atoms with Crippen LogP contribution in [0.25, 0.3) is 22.2 Å². The average Bonchev–Trinajstić information content (AvgIpc) is 3.28. The molecule has 8 nitrogen and oxygen atoms in total. The smallest absolute Gasteiger partial charge is 0.169 e. The molecule has 6 rings (SSSR count). The summed E-state index contributed by atoms with van der Waals surface area (Å²) in [6, 6.07) is 7.77. The van der Waals surface area contributed by atoms with Gasteiger partial charge in [0.1, 0.15) is 5.82 Å². The number of hydrogen-bond acceptors (Lipinski definition) is 7. The Hall–Kier alpha value is -3.65. The molecule has 0 saturated carbocycles. The number of ketones is 1. The highest BCUT2D eigenvalue weighted by molar-refractivity contribution is 5.98. The van der Waals surface area contributed by atoms with Gasteiger partial charge in [-0.15, -0.1) is 0 Å². The van der Waals surface area contributed by atoms with Crippen LogP contribution in [0, 0.1) is 5.41 Å². The maximum atomic E-state index is 13.1. The topological polar surface area (TPSA) is 80.0 Å². The molecule has 0 atom stereocenters. The quantitative estimate of drug-likeness (QED) is 0.416. The Morgan fingerprint density at radius 1 is 1.00 bits per heavy atom. The number of carbonyl (C=O) groups excluding carboxylic acids is 1. The molecule has 2 saturated heterocycles. The highest BCUT2D eigenvalue weighted by Crippen LogP contribution is 2.41. The summed E-state index contributed by atoms with van der Waals surface area (Å²) in [4.78, 5) is 35.6. The first-order valence-electron chi connectivity index (χ1n) is 12.1. The van der Waals surface area contributed by atoms with Gasteiger partial charge in [-0.25, -0.2) is 9.97 Å². The van der Waals surface area contributed by atoms with Gasteiger partial charge in [-0.2, -0.15) is 0 Å². The maximum Gasteiger partial charge on any atom is 0.169 e. The van der Waals surface area contributed by atoms with Crippen LogP contribution in [0.3, 0.4) is 0 Å². The number of hydrogen-bond donors (Lipinski definition) is 0. The van der Waals surface area contributed by atoms with Crippen LogP contribution in [0.1, 0.15) is 28.9 Å². The zero-order valence-corrected chi connectivity index (χ0v) is 20.2. The SMILES string of the molecule is CN1CCC2(CC1)CN(c1cc(C(=O)Cc3cc4cc(-c5cncn5C)cnc4cn3)ccn1)C2. The first-order chi connectivity index (χ1) is 17.0. The summed E-state index contributed by atoms with van der Waals surface area (Å²) < 4.78 is 1.96. The van der Waals surface area contributed by atoms with Crippen molar-refractivity contribution >= 4 is 22.5 Å². The molecule has 178 valence electrons. The summed E-state index contributed by atoms with van der Waals surface area (Å²) in [5.74, 6) is 0.947. The second kappa shape index (κ2) is 8.53. The highest BCUT2D eigenvalue weighted by atomic mass is 16.1. The molecule has 2 fully saturated rings. The molecule has 8 heteroatoms.